The summed E-state index contributed by atoms with van der Waals surface area (Å²) >= 11 is 6.21. The first-order valence-electron chi connectivity index (χ1n) is 7.24. The zero-order valence-electron chi connectivity index (χ0n) is 13.0. The van der Waals surface area contributed by atoms with Crippen LogP contribution < -0.4 is 4.72 Å². The van der Waals surface area contributed by atoms with E-state index in [2.05, 4.69) is 24.9 Å². The summed E-state index contributed by atoms with van der Waals surface area (Å²) in [7, 11) is -3.21. The van der Waals surface area contributed by atoms with Crippen LogP contribution in [-0.2, 0) is 36.2 Å². The fourth-order valence-electron chi connectivity index (χ4n) is 2.59. The van der Waals surface area contributed by atoms with Crippen LogP contribution in [-0.4, -0.2) is 46.1 Å². The van der Waals surface area contributed by atoms with Crippen molar-refractivity contribution < 1.29 is 8.42 Å². The van der Waals surface area contributed by atoms with Crippen molar-refractivity contribution in [3.63, 3.8) is 0 Å². The van der Waals surface area contributed by atoms with Gasteiger partial charge in [0.1, 0.15) is 0 Å². The topological polar surface area (TPSA) is 95.9 Å². The summed E-state index contributed by atoms with van der Waals surface area (Å²) in [5.74, 6) is 0. The van der Waals surface area contributed by atoms with E-state index in [9.17, 15) is 8.42 Å². The molecule has 0 unspecified atom stereocenters. The molecule has 0 aromatic carbocycles. The van der Waals surface area contributed by atoms with Crippen molar-refractivity contribution in [2.24, 2.45) is 0 Å². The Morgan fingerprint density at radius 2 is 2.22 bits per heavy atom. The molecule has 0 bridgehead atoms. The van der Waals surface area contributed by atoms with Crippen LogP contribution in [0.5, 0.6) is 0 Å². The predicted molar refractivity (Wildman–Crippen MR) is 86.4 cm³/mol. The molecule has 0 atom stereocenters. The Bertz CT molecular complexity index is 813. The first-order chi connectivity index (χ1) is 10.8. The molecular formula is C13H19ClN6O2S. The molecule has 1 aliphatic rings. The highest BCUT2D eigenvalue weighted by Crippen LogP contribution is 2.21. The Balaban J connectivity index is 1.66. The van der Waals surface area contributed by atoms with E-state index in [1.165, 1.54) is 0 Å². The third-order valence-electron chi connectivity index (χ3n) is 3.76. The largest absolute Gasteiger partial charge is 0.290 e. The second-order valence-electron chi connectivity index (χ2n) is 5.76. The molecule has 0 saturated heterocycles. The van der Waals surface area contributed by atoms with E-state index in [4.69, 9.17) is 11.6 Å². The number of hydrogen-bond acceptors (Lipinski definition) is 5. The van der Waals surface area contributed by atoms with Gasteiger partial charge in [-0.25, -0.2) is 13.1 Å². The molecule has 126 valence electrons. The molecule has 2 aromatic heterocycles. The van der Waals surface area contributed by atoms with Crippen molar-refractivity contribution in [3.8, 4) is 0 Å². The minimum absolute atomic E-state index is 0.212. The molecule has 0 spiro atoms. The first kappa shape index (κ1) is 16.4. The lowest BCUT2D eigenvalue weighted by molar-refractivity contribution is 0.203. The van der Waals surface area contributed by atoms with Crippen molar-refractivity contribution in [3.05, 3.63) is 33.9 Å². The third kappa shape index (κ3) is 3.92. The molecule has 8 nitrogen and oxygen atoms in total. The lowest BCUT2D eigenvalue weighted by Crippen LogP contribution is -2.33. The van der Waals surface area contributed by atoms with Gasteiger partial charge in [-0.2, -0.15) is 10.2 Å². The minimum Gasteiger partial charge on any atom is -0.290 e. The molecule has 23 heavy (non-hydrogen) atoms. The molecule has 2 aromatic rings. The van der Waals surface area contributed by atoms with Crippen LogP contribution in [0.1, 0.15) is 22.8 Å². The molecule has 1 aliphatic heterocycles. The van der Waals surface area contributed by atoms with Gasteiger partial charge in [-0.1, -0.05) is 11.6 Å². The van der Waals surface area contributed by atoms with Gasteiger partial charge in [0, 0.05) is 19.6 Å². The zero-order chi connectivity index (χ0) is 16.6. The van der Waals surface area contributed by atoms with Crippen LogP contribution in [0, 0.1) is 6.92 Å². The highest BCUT2D eigenvalue weighted by atomic mass is 35.5. The molecule has 3 rings (SSSR count). The number of sulfonamides is 1. The maximum Gasteiger partial charge on any atom is 0.209 e. The van der Waals surface area contributed by atoms with E-state index in [1.807, 2.05) is 17.7 Å². The molecule has 2 N–H and O–H groups in total. The molecule has 0 fully saturated rings. The van der Waals surface area contributed by atoms with Gasteiger partial charge in [-0.05, 0) is 13.0 Å². The quantitative estimate of drug-likeness (QED) is 0.817. The lowest BCUT2D eigenvalue weighted by Gasteiger charge is -2.26. The normalized spacial score (nSPS) is 15.8. The smallest absolute Gasteiger partial charge is 0.209 e. The Hall–Kier alpha value is -1.42. The van der Waals surface area contributed by atoms with Gasteiger partial charge < -0.3 is 0 Å². The van der Waals surface area contributed by atoms with Gasteiger partial charge in [0.25, 0.3) is 0 Å². The minimum atomic E-state index is -3.21. The van der Waals surface area contributed by atoms with Crippen LogP contribution in [0.2, 0.25) is 5.02 Å². The molecule has 0 amide bonds. The fourth-order valence-corrected chi connectivity index (χ4v) is 3.14. The number of fused-ring (bicyclic) bond motifs is 1. The van der Waals surface area contributed by atoms with Crippen molar-refractivity contribution in [1.29, 1.82) is 0 Å². The summed E-state index contributed by atoms with van der Waals surface area (Å²) in [6.45, 7) is 5.11. The molecule has 0 aliphatic carbocycles. The van der Waals surface area contributed by atoms with Crippen molar-refractivity contribution in [2.45, 2.75) is 33.1 Å². The van der Waals surface area contributed by atoms with Gasteiger partial charge in [-0.3, -0.25) is 14.7 Å². The number of aryl methyl sites for hydroxylation is 1. The summed E-state index contributed by atoms with van der Waals surface area (Å²) in [5.41, 5.74) is 3.50. The van der Waals surface area contributed by atoms with Gasteiger partial charge in [0.2, 0.25) is 10.0 Å². The van der Waals surface area contributed by atoms with Gasteiger partial charge in [0.05, 0.1) is 47.1 Å². The number of halogens is 1. The molecule has 3 heterocycles. The Morgan fingerprint density at radius 3 is 2.87 bits per heavy atom. The highest BCUT2D eigenvalue weighted by molar-refractivity contribution is 7.88. The number of H-pyrrole nitrogens is 1. The van der Waals surface area contributed by atoms with E-state index in [-0.39, 0.29) is 6.54 Å². The summed E-state index contributed by atoms with van der Waals surface area (Å²) in [6.07, 6.45) is 1.14. The second-order valence-corrected chi connectivity index (χ2v) is 7.97. The van der Waals surface area contributed by atoms with Crippen LogP contribution in [0.3, 0.4) is 0 Å². The monoisotopic (exact) mass is 358 g/mol. The van der Waals surface area contributed by atoms with Crippen LogP contribution in [0.15, 0.2) is 6.07 Å². The summed E-state index contributed by atoms with van der Waals surface area (Å²) in [5, 5.41) is 12.2. The fraction of sp³-hybridized carbons (Fsp3) is 0.538. The maximum atomic E-state index is 11.2. The van der Waals surface area contributed by atoms with Crippen molar-refractivity contribution >= 4 is 21.6 Å². The van der Waals surface area contributed by atoms with Crippen molar-refractivity contribution in [2.75, 3.05) is 12.8 Å². The summed E-state index contributed by atoms with van der Waals surface area (Å²) < 4.78 is 26.7. The van der Waals surface area contributed by atoms with Gasteiger partial charge in [0.15, 0.2) is 0 Å². The average molecular weight is 359 g/mol. The van der Waals surface area contributed by atoms with Crippen LogP contribution >= 0.6 is 11.6 Å². The molecule has 0 saturated carbocycles. The standard InChI is InChI=1S/C13H19ClN6O2S/c1-9-13(14)12(17-16-9)8-19-3-4-20-11(7-19)5-10(18-20)6-15-23(2,21)22/h5,15H,3-4,6-8H2,1-2H3,(H,16,17). The van der Waals surface area contributed by atoms with Crippen molar-refractivity contribution in [1.82, 2.24) is 29.6 Å². The number of nitrogens with zero attached hydrogens (tertiary/aromatic N) is 4. The maximum absolute atomic E-state index is 11.2. The van der Waals surface area contributed by atoms with Crippen LogP contribution in [0.4, 0.5) is 0 Å². The van der Waals surface area contributed by atoms with Gasteiger partial charge >= 0.3 is 0 Å². The first-order valence-corrected chi connectivity index (χ1v) is 9.50. The molecule has 0 radical (unpaired) electrons. The summed E-state index contributed by atoms with van der Waals surface area (Å²) in [4.78, 5) is 2.24. The number of aromatic nitrogens is 4. The SMILES string of the molecule is Cc1[nH]nc(CN2CCn3nc(CNS(C)(=O)=O)cc3C2)c1Cl. The summed E-state index contributed by atoms with van der Waals surface area (Å²) in [6, 6.07) is 1.93. The number of rotatable bonds is 5. The Kier molecular flexibility index (Phi) is 4.45. The Morgan fingerprint density at radius 1 is 1.43 bits per heavy atom. The molecular weight excluding hydrogens is 340 g/mol. The molecule has 10 heteroatoms. The second kappa shape index (κ2) is 6.23. The van der Waals surface area contributed by atoms with E-state index in [0.29, 0.717) is 11.6 Å². The predicted octanol–water partition coefficient (Wildman–Crippen LogP) is 0.633. The highest BCUT2D eigenvalue weighted by Gasteiger charge is 2.20. The third-order valence-corrected chi connectivity index (χ3v) is 4.93. The number of nitrogens with one attached hydrogen (secondary N) is 2. The Labute approximate surface area is 139 Å². The number of aromatic amines is 1. The lowest BCUT2D eigenvalue weighted by atomic mass is 10.2. The van der Waals surface area contributed by atoms with Crippen LogP contribution in [0.25, 0.3) is 0 Å². The van der Waals surface area contributed by atoms with E-state index >= 15 is 0 Å². The van der Waals surface area contributed by atoms with E-state index in [1.54, 1.807) is 0 Å². The average Bonchev–Trinajstić information content (AvgIpc) is 3.02. The number of hydrogen-bond donors (Lipinski definition) is 2. The van der Waals surface area contributed by atoms with Gasteiger partial charge in [-0.15, -0.1) is 0 Å². The zero-order valence-corrected chi connectivity index (χ0v) is 14.6. The van der Waals surface area contributed by atoms with E-state index in [0.717, 1.165) is 48.7 Å². The van der Waals surface area contributed by atoms with E-state index < -0.39 is 10.0 Å².